The molecule has 0 N–H and O–H groups in total. The SMILES string of the molecule is O=C1CC2C3CC(O1)C2C(=O)O3. The van der Waals surface area contributed by atoms with Gasteiger partial charge in [-0.25, -0.2) is 0 Å². The van der Waals surface area contributed by atoms with E-state index in [9.17, 15) is 9.59 Å². The number of hydrogen-bond donors (Lipinski definition) is 0. The number of esters is 2. The highest BCUT2D eigenvalue weighted by Crippen LogP contribution is 2.48. The molecule has 3 fully saturated rings. The molecule has 1 saturated carbocycles. The van der Waals surface area contributed by atoms with Gasteiger partial charge in [0.15, 0.2) is 0 Å². The van der Waals surface area contributed by atoms with Crippen LogP contribution in [0.2, 0.25) is 0 Å². The van der Waals surface area contributed by atoms with Crippen molar-refractivity contribution < 1.29 is 19.1 Å². The molecule has 3 rings (SSSR count). The Bertz CT molecular complexity index is 272. The Labute approximate surface area is 68.8 Å². The van der Waals surface area contributed by atoms with Gasteiger partial charge in [0.05, 0.1) is 6.42 Å². The van der Waals surface area contributed by atoms with E-state index < -0.39 is 0 Å². The Hall–Kier alpha value is -1.06. The maximum atomic E-state index is 11.1. The Kier molecular flexibility index (Phi) is 0.975. The minimum Gasteiger partial charge on any atom is -0.462 e. The number of ether oxygens (including phenoxy) is 2. The van der Waals surface area contributed by atoms with Gasteiger partial charge in [-0.1, -0.05) is 0 Å². The molecule has 0 radical (unpaired) electrons. The van der Waals surface area contributed by atoms with Crippen molar-refractivity contribution in [2.24, 2.45) is 11.8 Å². The Morgan fingerprint density at radius 3 is 2.75 bits per heavy atom. The predicted molar refractivity (Wildman–Crippen MR) is 36.0 cm³/mol. The summed E-state index contributed by atoms with van der Waals surface area (Å²) in [4.78, 5) is 22.1. The third-order valence-corrected chi connectivity index (χ3v) is 3.03. The Morgan fingerprint density at radius 2 is 2.00 bits per heavy atom. The zero-order chi connectivity index (χ0) is 8.29. The molecule has 4 nitrogen and oxygen atoms in total. The average Bonchev–Trinajstić information content (AvgIpc) is 2.38. The van der Waals surface area contributed by atoms with Crippen molar-refractivity contribution in [1.29, 1.82) is 0 Å². The lowest BCUT2D eigenvalue weighted by atomic mass is 9.91. The third-order valence-electron chi connectivity index (χ3n) is 3.03. The number of carbonyl (C=O) groups is 2. The second-order valence-corrected chi connectivity index (χ2v) is 3.63. The van der Waals surface area contributed by atoms with E-state index in [0.717, 1.165) is 0 Å². The quantitative estimate of drug-likeness (QED) is 0.472. The summed E-state index contributed by atoms with van der Waals surface area (Å²) in [5.74, 6) is -0.382. The summed E-state index contributed by atoms with van der Waals surface area (Å²) in [5.41, 5.74) is 0. The Balaban J connectivity index is 2.00. The van der Waals surface area contributed by atoms with E-state index in [1.807, 2.05) is 0 Å². The monoisotopic (exact) mass is 168 g/mol. The van der Waals surface area contributed by atoms with E-state index in [1.54, 1.807) is 0 Å². The molecule has 2 saturated heterocycles. The molecule has 0 aromatic heterocycles. The fraction of sp³-hybridized carbons (Fsp3) is 0.750. The maximum absolute atomic E-state index is 11.1. The molecule has 4 bridgehead atoms. The van der Waals surface area contributed by atoms with E-state index in [1.165, 1.54) is 0 Å². The molecule has 2 heterocycles. The minimum absolute atomic E-state index is 0.0426. The summed E-state index contributed by atoms with van der Waals surface area (Å²) < 4.78 is 10.1. The first-order valence-electron chi connectivity index (χ1n) is 4.15. The van der Waals surface area contributed by atoms with Crippen LogP contribution in [0, 0.1) is 11.8 Å². The molecule has 4 unspecified atom stereocenters. The van der Waals surface area contributed by atoms with Gasteiger partial charge in [0, 0.05) is 12.3 Å². The number of hydrogen-bond acceptors (Lipinski definition) is 4. The van der Waals surface area contributed by atoms with Crippen LogP contribution in [0.4, 0.5) is 0 Å². The summed E-state index contributed by atoms with van der Waals surface area (Å²) in [6.07, 6.45) is 0.853. The summed E-state index contributed by atoms with van der Waals surface area (Å²) in [7, 11) is 0. The van der Waals surface area contributed by atoms with Crippen molar-refractivity contribution in [2.75, 3.05) is 0 Å². The van der Waals surface area contributed by atoms with Gasteiger partial charge in [0.1, 0.15) is 18.1 Å². The molecule has 2 aliphatic heterocycles. The first-order valence-corrected chi connectivity index (χ1v) is 4.15. The molecular weight excluding hydrogens is 160 g/mol. The molecule has 4 atom stereocenters. The fourth-order valence-electron chi connectivity index (χ4n) is 2.54. The van der Waals surface area contributed by atoms with Crippen LogP contribution in [0.1, 0.15) is 12.8 Å². The largest absolute Gasteiger partial charge is 0.462 e. The molecule has 0 aromatic carbocycles. The molecule has 12 heavy (non-hydrogen) atoms. The first-order chi connectivity index (χ1) is 5.75. The molecule has 64 valence electrons. The fourth-order valence-corrected chi connectivity index (χ4v) is 2.54. The van der Waals surface area contributed by atoms with E-state index in [-0.39, 0.29) is 36.0 Å². The van der Waals surface area contributed by atoms with Crippen molar-refractivity contribution in [2.45, 2.75) is 25.0 Å². The van der Waals surface area contributed by atoms with E-state index in [0.29, 0.717) is 12.8 Å². The molecule has 0 amide bonds. The second kappa shape index (κ2) is 1.81. The summed E-state index contributed by atoms with van der Waals surface area (Å²) >= 11 is 0. The van der Waals surface area contributed by atoms with Crippen LogP contribution in [0.3, 0.4) is 0 Å². The molecule has 4 heteroatoms. The highest BCUT2D eigenvalue weighted by Gasteiger charge is 2.60. The van der Waals surface area contributed by atoms with Crippen LogP contribution in [-0.2, 0) is 19.1 Å². The average molecular weight is 168 g/mol. The van der Waals surface area contributed by atoms with E-state index in [2.05, 4.69) is 0 Å². The van der Waals surface area contributed by atoms with Crippen LogP contribution in [-0.4, -0.2) is 24.1 Å². The lowest BCUT2D eigenvalue weighted by Gasteiger charge is -2.23. The summed E-state index contributed by atoms with van der Waals surface area (Å²) in [5, 5.41) is 0. The van der Waals surface area contributed by atoms with Gasteiger partial charge in [0.25, 0.3) is 0 Å². The van der Waals surface area contributed by atoms with Gasteiger partial charge in [0.2, 0.25) is 0 Å². The number of carbonyl (C=O) groups excluding carboxylic acids is 2. The van der Waals surface area contributed by atoms with Crippen LogP contribution >= 0.6 is 0 Å². The third kappa shape index (κ3) is 0.589. The van der Waals surface area contributed by atoms with Gasteiger partial charge < -0.3 is 9.47 Å². The lowest BCUT2D eigenvalue weighted by molar-refractivity contribution is -0.166. The van der Waals surface area contributed by atoms with Crippen molar-refractivity contribution in [3.8, 4) is 0 Å². The highest BCUT2D eigenvalue weighted by molar-refractivity contribution is 5.82. The van der Waals surface area contributed by atoms with Crippen LogP contribution in [0.5, 0.6) is 0 Å². The normalized spacial score (nSPS) is 49.0. The molecular formula is C8H8O4. The molecule has 0 spiro atoms. The predicted octanol–water partition coefficient (Wildman–Crippen LogP) is -0.137. The van der Waals surface area contributed by atoms with Crippen molar-refractivity contribution >= 4 is 11.9 Å². The molecule has 0 aromatic rings. The smallest absolute Gasteiger partial charge is 0.313 e. The van der Waals surface area contributed by atoms with Gasteiger partial charge in [-0.2, -0.15) is 0 Å². The second-order valence-electron chi connectivity index (χ2n) is 3.63. The summed E-state index contributed by atoms with van der Waals surface area (Å²) in [6, 6.07) is 0. The Morgan fingerprint density at radius 1 is 1.17 bits per heavy atom. The minimum atomic E-state index is -0.179. The maximum Gasteiger partial charge on any atom is 0.313 e. The first kappa shape index (κ1) is 6.46. The highest BCUT2D eigenvalue weighted by atomic mass is 16.6. The van der Waals surface area contributed by atoms with Crippen LogP contribution in [0.15, 0.2) is 0 Å². The van der Waals surface area contributed by atoms with Crippen LogP contribution in [0.25, 0.3) is 0 Å². The molecule has 3 aliphatic rings. The molecule has 1 aliphatic carbocycles. The van der Waals surface area contributed by atoms with Gasteiger partial charge >= 0.3 is 11.9 Å². The standard InChI is InChI=1S/C8H8O4/c9-6-1-3-4-2-5(11-6)7(3)8(10)12-4/h3-5,7H,1-2H2. The summed E-state index contributed by atoms with van der Waals surface area (Å²) in [6.45, 7) is 0. The zero-order valence-corrected chi connectivity index (χ0v) is 6.36. The zero-order valence-electron chi connectivity index (χ0n) is 6.36. The van der Waals surface area contributed by atoms with Crippen LogP contribution < -0.4 is 0 Å². The van der Waals surface area contributed by atoms with Crippen molar-refractivity contribution in [3.63, 3.8) is 0 Å². The topological polar surface area (TPSA) is 52.6 Å². The van der Waals surface area contributed by atoms with Gasteiger partial charge in [-0.3, -0.25) is 9.59 Å². The van der Waals surface area contributed by atoms with Gasteiger partial charge in [-0.15, -0.1) is 0 Å². The van der Waals surface area contributed by atoms with E-state index >= 15 is 0 Å². The lowest BCUT2D eigenvalue weighted by Crippen LogP contribution is -2.35. The number of rotatable bonds is 0. The van der Waals surface area contributed by atoms with Crippen molar-refractivity contribution in [3.05, 3.63) is 0 Å². The van der Waals surface area contributed by atoms with E-state index in [4.69, 9.17) is 9.47 Å². The van der Waals surface area contributed by atoms with Gasteiger partial charge in [-0.05, 0) is 0 Å². The van der Waals surface area contributed by atoms with Crippen molar-refractivity contribution in [1.82, 2.24) is 0 Å².